The van der Waals surface area contributed by atoms with Gasteiger partial charge in [-0.05, 0) is 48.6 Å². The number of hydrogen-bond donors (Lipinski definition) is 2. The van der Waals surface area contributed by atoms with Gasteiger partial charge in [0.15, 0.2) is 0 Å². The van der Waals surface area contributed by atoms with Gasteiger partial charge in [-0.1, -0.05) is 44.5 Å². The van der Waals surface area contributed by atoms with Crippen molar-refractivity contribution >= 4 is 0 Å². The summed E-state index contributed by atoms with van der Waals surface area (Å²) in [5.41, 5.74) is 8.06. The van der Waals surface area contributed by atoms with Gasteiger partial charge in [0.25, 0.3) is 0 Å². The molecule has 2 aliphatic rings. The monoisotopic (exact) mass is 273 g/mol. The van der Waals surface area contributed by atoms with Crippen molar-refractivity contribution in [2.24, 2.45) is 17.6 Å². The van der Waals surface area contributed by atoms with E-state index in [4.69, 9.17) is 5.73 Å². The third-order valence-electron chi connectivity index (χ3n) is 6.10. The molecule has 0 bridgehead atoms. The van der Waals surface area contributed by atoms with E-state index in [2.05, 4.69) is 38.1 Å². The van der Waals surface area contributed by atoms with Crippen LogP contribution in [0.2, 0.25) is 0 Å². The van der Waals surface area contributed by atoms with E-state index in [1.54, 1.807) is 0 Å². The van der Waals surface area contributed by atoms with E-state index in [0.717, 1.165) is 25.7 Å². The molecule has 0 amide bonds. The zero-order valence-corrected chi connectivity index (χ0v) is 12.7. The van der Waals surface area contributed by atoms with Crippen molar-refractivity contribution in [3.63, 3.8) is 0 Å². The highest BCUT2D eigenvalue weighted by Crippen LogP contribution is 2.54. The van der Waals surface area contributed by atoms with Crippen molar-refractivity contribution < 1.29 is 5.11 Å². The van der Waals surface area contributed by atoms with Gasteiger partial charge in [0.2, 0.25) is 0 Å². The van der Waals surface area contributed by atoms with Crippen LogP contribution in [-0.2, 0) is 11.8 Å². The Morgan fingerprint density at radius 2 is 2.00 bits per heavy atom. The molecule has 2 aliphatic carbocycles. The molecule has 1 fully saturated rings. The molecule has 4 atom stereocenters. The van der Waals surface area contributed by atoms with E-state index >= 15 is 0 Å². The lowest BCUT2D eigenvalue weighted by atomic mass is 9.56. The minimum atomic E-state index is -0.647. The molecule has 0 aliphatic heterocycles. The predicted octanol–water partition coefficient (Wildman–Crippen LogP) is 3.02. The van der Waals surface area contributed by atoms with Gasteiger partial charge < -0.3 is 10.8 Å². The number of aliphatic hydroxyl groups is 1. The first-order valence-electron chi connectivity index (χ1n) is 8.04. The Balaban J connectivity index is 2.10. The molecule has 3 rings (SSSR count). The van der Waals surface area contributed by atoms with Crippen molar-refractivity contribution in [1.29, 1.82) is 0 Å². The largest absolute Gasteiger partial charge is 0.389 e. The van der Waals surface area contributed by atoms with Crippen LogP contribution in [0.3, 0.4) is 0 Å². The van der Waals surface area contributed by atoms with Gasteiger partial charge >= 0.3 is 0 Å². The molecule has 3 N–H and O–H groups in total. The van der Waals surface area contributed by atoms with Gasteiger partial charge in [0, 0.05) is 12.0 Å². The number of fused-ring (bicyclic) bond motifs is 1. The molecule has 1 aromatic rings. The zero-order valence-electron chi connectivity index (χ0n) is 12.7. The molecule has 0 heterocycles. The zero-order chi connectivity index (χ0) is 14.4. The second kappa shape index (κ2) is 4.85. The van der Waals surface area contributed by atoms with Crippen molar-refractivity contribution in [2.75, 3.05) is 6.54 Å². The number of nitrogens with two attached hydrogens (primary N) is 1. The van der Waals surface area contributed by atoms with Crippen LogP contribution in [-0.4, -0.2) is 17.3 Å². The third kappa shape index (κ3) is 1.78. The van der Waals surface area contributed by atoms with E-state index in [-0.39, 0.29) is 5.41 Å². The van der Waals surface area contributed by atoms with Gasteiger partial charge in [-0.15, -0.1) is 0 Å². The number of rotatable bonds is 2. The molecule has 20 heavy (non-hydrogen) atoms. The third-order valence-corrected chi connectivity index (χ3v) is 6.10. The van der Waals surface area contributed by atoms with Crippen molar-refractivity contribution in [3.8, 4) is 0 Å². The Kier molecular flexibility index (Phi) is 3.42. The quantitative estimate of drug-likeness (QED) is 0.870. The average Bonchev–Trinajstić information content (AvgIpc) is 2.84. The summed E-state index contributed by atoms with van der Waals surface area (Å²) in [5, 5.41) is 11.6. The van der Waals surface area contributed by atoms with Gasteiger partial charge in [-0.2, -0.15) is 0 Å². The normalized spacial score (nSPS) is 40.6. The Bertz CT molecular complexity index is 500. The Morgan fingerprint density at radius 3 is 2.75 bits per heavy atom. The first-order chi connectivity index (χ1) is 9.53. The number of aryl methyl sites for hydroxylation is 1. The molecule has 0 spiro atoms. The van der Waals surface area contributed by atoms with Crippen molar-refractivity contribution in [3.05, 3.63) is 35.4 Å². The lowest BCUT2D eigenvalue weighted by molar-refractivity contribution is -0.116. The SMILES string of the molecule is CC1CCC(C)C(O)(C2(CN)CCc3ccccc32)C1. The summed E-state index contributed by atoms with van der Waals surface area (Å²) >= 11 is 0. The molecule has 2 nitrogen and oxygen atoms in total. The number of hydrogen-bond acceptors (Lipinski definition) is 2. The predicted molar refractivity (Wildman–Crippen MR) is 82.6 cm³/mol. The Hall–Kier alpha value is -0.860. The van der Waals surface area contributed by atoms with Crippen LogP contribution < -0.4 is 5.73 Å². The second-order valence-corrected chi connectivity index (χ2v) is 7.16. The molecule has 110 valence electrons. The lowest BCUT2D eigenvalue weighted by Crippen LogP contribution is -2.60. The maximum Gasteiger partial charge on any atom is 0.0784 e. The Labute approximate surface area is 122 Å². The highest BCUT2D eigenvalue weighted by atomic mass is 16.3. The summed E-state index contributed by atoms with van der Waals surface area (Å²) in [6, 6.07) is 8.59. The summed E-state index contributed by atoms with van der Waals surface area (Å²) in [4.78, 5) is 0. The standard InChI is InChI=1S/C18H27NO/c1-13-7-8-14(2)18(20,11-13)17(12-19)10-9-15-5-3-4-6-16(15)17/h3-6,13-14,20H,7-12,19H2,1-2H3. The molecule has 1 aromatic carbocycles. The van der Waals surface area contributed by atoms with E-state index in [0.29, 0.717) is 18.4 Å². The lowest BCUT2D eigenvalue weighted by Gasteiger charge is -2.52. The van der Waals surface area contributed by atoms with Crippen LogP contribution in [0.4, 0.5) is 0 Å². The first kappa shape index (κ1) is 14.1. The van der Waals surface area contributed by atoms with Crippen LogP contribution in [0.1, 0.15) is 50.7 Å². The summed E-state index contributed by atoms with van der Waals surface area (Å²) in [6.45, 7) is 5.03. The van der Waals surface area contributed by atoms with Crippen LogP contribution in [0, 0.1) is 11.8 Å². The summed E-state index contributed by atoms with van der Waals surface area (Å²) < 4.78 is 0. The van der Waals surface area contributed by atoms with E-state index in [9.17, 15) is 5.11 Å². The molecule has 0 saturated heterocycles. The van der Waals surface area contributed by atoms with Crippen molar-refractivity contribution in [2.45, 2.75) is 57.0 Å². The van der Waals surface area contributed by atoms with E-state index in [1.807, 2.05) is 0 Å². The fraction of sp³-hybridized carbons (Fsp3) is 0.667. The minimum Gasteiger partial charge on any atom is -0.389 e. The van der Waals surface area contributed by atoms with Crippen LogP contribution >= 0.6 is 0 Å². The minimum absolute atomic E-state index is 0.238. The van der Waals surface area contributed by atoms with Crippen molar-refractivity contribution in [1.82, 2.24) is 0 Å². The number of benzene rings is 1. The molecular formula is C18H27NO. The topological polar surface area (TPSA) is 46.2 Å². The summed E-state index contributed by atoms with van der Waals surface area (Å²) in [6.07, 6.45) is 5.28. The maximum absolute atomic E-state index is 11.6. The van der Waals surface area contributed by atoms with Crippen LogP contribution in [0.25, 0.3) is 0 Å². The smallest absolute Gasteiger partial charge is 0.0784 e. The summed E-state index contributed by atoms with van der Waals surface area (Å²) in [5.74, 6) is 0.917. The van der Waals surface area contributed by atoms with Gasteiger partial charge in [0.1, 0.15) is 0 Å². The first-order valence-corrected chi connectivity index (χ1v) is 8.04. The molecule has 1 saturated carbocycles. The average molecular weight is 273 g/mol. The highest BCUT2D eigenvalue weighted by Gasteiger charge is 2.57. The van der Waals surface area contributed by atoms with Gasteiger partial charge in [0.05, 0.1) is 5.60 Å². The Morgan fingerprint density at radius 1 is 1.25 bits per heavy atom. The molecule has 0 aromatic heterocycles. The van der Waals surface area contributed by atoms with E-state index < -0.39 is 5.60 Å². The molecule has 4 unspecified atom stereocenters. The fourth-order valence-electron chi connectivity index (χ4n) is 4.80. The highest BCUT2D eigenvalue weighted by molar-refractivity contribution is 5.43. The van der Waals surface area contributed by atoms with Gasteiger partial charge in [-0.25, -0.2) is 0 Å². The fourth-order valence-corrected chi connectivity index (χ4v) is 4.80. The van der Waals surface area contributed by atoms with Crippen LogP contribution in [0.5, 0.6) is 0 Å². The van der Waals surface area contributed by atoms with Gasteiger partial charge in [-0.3, -0.25) is 0 Å². The molecular weight excluding hydrogens is 246 g/mol. The van der Waals surface area contributed by atoms with Crippen LogP contribution in [0.15, 0.2) is 24.3 Å². The van der Waals surface area contributed by atoms with E-state index in [1.165, 1.54) is 17.5 Å². The summed E-state index contributed by atoms with van der Waals surface area (Å²) in [7, 11) is 0. The molecule has 2 heteroatoms. The maximum atomic E-state index is 11.6. The second-order valence-electron chi connectivity index (χ2n) is 7.16. The molecule has 0 radical (unpaired) electrons.